The number of hydrogen-bond donors (Lipinski definition) is 1. The van der Waals surface area contributed by atoms with Crippen LogP contribution in [-0.4, -0.2) is 17.9 Å². The van der Waals surface area contributed by atoms with Gasteiger partial charge in [-0.1, -0.05) is 6.92 Å². The minimum absolute atomic E-state index is 0.0213. The maximum absolute atomic E-state index is 10.7. The standard InChI is InChI=1S/C12H14O4/c1-7-3-10-11(16-6-15-10)5-9(7)8(2)4-12(13)14/h3,5,8H,4,6H2,1-2H3,(H,13,14). The molecule has 0 saturated carbocycles. The molecule has 0 aromatic heterocycles. The summed E-state index contributed by atoms with van der Waals surface area (Å²) in [6, 6.07) is 3.78. The maximum atomic E-state index is 10.7. The van der Waals surface area contributed by atoms with Crippen molar-refractivity contribution in [3.05, 3.63) is 23.3 Å². The predicted octanol–water partition coefficient (Wildman–Crippen LogP) is 2.30. The summed E-state index contributed by atoms with van der Waals surface area (Å²) in [6.45, 7) is 4.10. The van der Waals surface area contributed by atoms with Crippen molar-refractivity contribution in [1.29, 1.82) is 0 Å². The molecule has 1 N–H and O–H groups in total. The van der Waals surface area contributed by atoms with Crippen LogP contribution in [0, 0.1) is 6.92 Å². The summed E-state index contributed by atoms with van der Waals surface area (Å²) in [5.41, 5.74) is 2.05. The fourth-order valence-electron chi connectivity index (χ4n) is 1.96. The predicted molar refractivity (Wildman–Crippen MR) is 58.0 cm³/mol. The molecule has 1 aromatic rings. The van der Waals surface area contributed by atoms with Crippen LogP contribution in [0.4, 0.5) is 0 Å². The Morgan fingerprint density at radius 2 is 2.06 bits per heavy atom. The first-order valence-corrected chi connectivity index (χ1v) is 5.20. The van der Waals surface area contributed by atoms with Crippen molar-refractivity contribution in [2.75, 3.05) is 6.79 Å². The molecule has 1 atom stereocenters. The number of rotatable bonds is 3. The van der Waals surface area contributed by atoms with Crippen molar-refractivity contribution >= 4 is 5.97 Å². The van der Waals surface area contributed by atoms with E-state index in [1.54, 1.807) is 0 Å². The van der Waals surface area contributed by atoms with E-state index in [9.17, 15) is 4.79 Å². The highest BCUT2D eigenvalue weighted by atomic mass is 16.7. The Kier molecular flexibility index (Phi) is 2.73. The number of aliphatic carboxylic acids is 1. The van der Waals surface area contributed by atoms with E-state index in [-0.39, 0.29) is 19.1 Å². The largest absolute Gasteiger partial charge is 0.481 e. The molecular weight excluding hydrogens is 208 g/mol. The van der Waals surface area contributed by atoms with Gasteiger partial charge in [-0.25, -0.2) is 0 Å². The van der Waals surface area contributed by atoms with Gasteiger partial charge in [0.05, 0.1) is 6.42 Å². The molecule has 1 aromatic carbocycles. The van der Waals surface area contributed by atoms with Gasteiger partial charge in [-0.05, 0) is 36.1 Å². The van der Waals surface area contributed by atoms with Gasteiger partial charge in [0, 0.05) is 0 Å². The van der Waals surface area contributed by atoms with E-state index in [1.165, 1.54) is 0 Å². The summed E-state index contributed by atoms with van der Waals surface area (Å²) in [5.74, 6) is 0.637. The summed E-state index contributed by atoms with van der Waals surface area (Å²) in [5, 5.41) is 8.77. The summed E-state index contributed by atoms with van der Waals surface area (Å²) >= 11 is 0. The average Bonchev–Trinajstić information content (AvgIpc) is 2.61. The number of carboxylic acids is 1. The van der Waals surface area contributed by atoms with Crippen LogP contribution < -0.4 is 9.47 Å². The number of fused-ring (bicyclic) bond motifs is 1. The zero-order chi connectivity index (χ0) is 11.7. The topological polar surface area (TPSA) is 55.8 Å². The monoisotopic (exact) mass is 222 g/mol. The summed E-state index contributed by atoms with van der Waals surface area (Å²) in [6.07, 6.45) is 0.125. The van der Waals surface area contributed by atoms with Crippen molar-refractivity contribution < 1.29 is 19.4 Å². The highest BCUT2D eigenvalue weighted by molar-refractivity contribution is 5.68. The summed E-state index contributed by atoms with van der Waals surface area (Å²) in [7, 11) is 0. The fraction of sp³-hybridized carbons (Fsp3) is 0.417. The van der Waals surface area contributed by atoms with E-state index >= 15 is 0 Å². The van der Waals surface area contributed by atoms with Crippen LogP contribution in [0.25, 0.3) is 0 Å². The van der Waals surface area contributed by atoms with Crippen LogP contribution in [0.3, 0.4) is 0 Å². The molecule has 16 heavy (non-hydrogen) atoms. The van der Waals surface area contributed by atoms with Gasteiger partial charge >= 0.3 is 5.97 Å². The Morgan fingerprint density at radius 3 is 2.69 bits per heavy atom. The van der Waals surface area contributed by atoms with Crippen LogP contribution in [0.15, 0.2) is 12.1 Å². The molecule has 0 fully saturated rings. The zero-order valence-electron chi connectivity index (χ0n) is 9.32. The second-order valence-corrected chi connectivity index (χ2v) is 4.06. The van der Waals surface area contributed by atoms with Gasteiger partial charge in [0.2, 0.25) is 6.79 Å². The van der Waals surface area contributed by atoms with Gasteiger partial charge in [0.15, 0.2) is 11.5 Å². The van der Waals surface area contributed by atoms with Gasteiger partial charge in [-0.3, -0.25) is 4.79 Å². The van der Waals surface area contributed by atoms with Crippen molar-refractivity contribution in [1.82, 2.24) is 0 Å². The van der Waals surface area contributed by atoms with Crippen molar-refractivity contribution in [2.45, 2.75) is 26.2 Å². The van der Waals surface area contributed by atoms with Crippen LogP contribution in [-0.2, 0) is 4.79 Å². The lowest BCUT2D eigenvalue weighted by Gasteiger charge is -2.13. The first-order chi connectivity index (χ1) is 7.58. The Labute approximate surface area is 93.8 Å². The van der Waals surface area contributed by atoms with E-state index in [0.29, 0.717) is 5.75 Å². The number of carbonyl (C=O) groups is 1. The fourth-order valence-corrected chi connectivity index (χ4v) is 1.96. The Balaban J connectivity index is 2.30. The highest BCUT2D eigenvalue weighted by Gasteiger charge is 2.19. The van der Waals surface area contributed by atoms with Crippen molar-refractivity contribution in [3.63, 3.8) is 0 Å². The van der Waals surface area contributed by atoms with Crippen molar-refractivity contribution in [2.24, 2.45) is 0 Å². The number of aryl methyl sites for hydroxylation is 1. The molecule has 4 heteroatoms. The smallest absolute Gasteiger partial charge is 0.303 e. The van der Waals surface area contributed by atoms with Crippen LogP contribution in [0.5, 0.6) is 11.5 Å². The molecule has 1 aliphatic rings. The third-order valence-electron chi connectivity index (χ3n) is 2.77. The molecule has 86 valence electrons. The minimum atomic E-state index is -0.787. The Bertz CT molecular complexity index is 425. The number of hydrogen-bond acceptors (Lipinski definition) is 3. The second-order valence-electron chi connectivity index (χ2n) is 4.06. The molecule has 1 heterocycles. The lowest BCUT2D eigenvalue weighted by Crippen LogP contribution is -2.04. The Hall–Kier alpha value is -1.71. The lowest BCUT2D eigenvalue weighted by atomic mass is 9.93. The van der Waals surface area contributed by atoms with E-state index in [0.717, 1.165) is 16.9 Å². The minimum Gasteiger partial charge on any atom is -0.481 e. The molecule has 0 amide bonds. The van der Waals surface area contributed by atoms with Gasteiger partial charge in [0.1, 0.15) is 0 Å². The van der Waals surface area contributed by atoms with Crippen molar-refractivity contribution in [3.8, 4) is 11.5 Å². The van der Waals surface area contributed by atoms with Gasteiger partial charge < -0.3 is 14.6 Å². The van der Waals surface area contributed by atoms with E-state index in [1.807, 2.05) is 26.0 Å². The van der Waals surface area contributed by atoms with E-state index in [4.69, 9.17) is 14.6 Å². The van der Waals surface area contributed by atoms with Gasteiger partial charge in [-0.15, -0.1) is 0 Å². The number of benzene rings is 1. The molecule has 0 saturated heterocycles. The molecule has 4 nitrogen and oxygen atoms in total. The molecular formula is C12H14O4. The molecule has 0 aliphatic carbocycles. The third kappa shape index (κ3) is 1.96. The molecule has 1 aliphatic heterocycles. The first-order valence-electron chi connectivity index (χ1n) is 5.20. The van der Waals surface area contributed by atoms with E-state index in [2.05, 4.69) is 0 Å². The van der Waals surface area contributed by atoms with Crippen LogP contribution >= 0.6 is 0 Å². The van der Waals surface area contributed by atoms with Gasteiger partial charge in [0.25, 0.3) is 0 Å². The maximum Gasteiger partial charge on any atom is 0.303 e. The molecule has 2 rings (SSSR count). The number of ether oxygens (including phenoxy) is 2. The SMILES string of the molecule is Cc1cc2c(cc1C(C)CC(=O)O)OCO2. The summed E-state index contributed by atoms with van der Waals surface area (Å²) < 4.78 is 10.5. The van der Waals surface area contributed by atoms with E-state index < -0.39 is 5.97 Å². The highest BCUT2D eigenvalue weighted by Crippen LogP contribution is 2.37. The third-order valence-corrected chi connectivity index (χ3v) is 2.77. The van der Waals surface area contributed by atoms with Crippen LogP contribution in [0.2, 0.25) is 0 Å². The van der Waals surface area contributed by atoms with Gasteiger partial charge in [-0.2, -0.15) is 0 Å². The second kappa shape index (κ2) is 4.04. The summed E-state index contributed by atoms with van der Waals surface area (Å²) in [4.78, 5) is 10.7. The lowest BCUT2D eigenvalue weighted by molar-refractivity contribution is -0.137. The molecule has 0 radical (unpaired) electrons. The number of carboxylic acid groups (broad SMARTS) is 1. The molecule has 1 unspecified atom stereocenters. The molecule has 0 spiro atoms. The quantitative estimate of drug-likeness (QED) is 0.852. The first kappa shape index (κ1) is 10.8. The normalized spacial score (nSPS) is 14.9. The Morgan fingerprint density at radius 1 is 1.44 bits per heavy atom. The average molecular weight is 222 g/mol. The molecule has 0 bridgehead atoms. The van der Waals surface area contributed by atoms with Crippen LogP contribution in [0.1, 0.15) is 30.4 Å². The zero-order valence-corrected chi connectivity index (χ0v) is 9.32.